The number of hydrogen-bond acceptors (Lipinski definition) is 4. The van der Waals surface area contributed by atoms with Gasteiger partial charge in [-0.15, -0.1) is 0 Å². The Balaban J connectivity index is 2.37. The molecule has 5 heteroatoms. The van der Waals surface area contributed by atoms with Gasteiger partial charge in [0.25, 0.3) is 5.91 Å². The van der Waals surface area contributed by atoms with Crippen molar-refractivity contribution < 1.29 is 19.4 Å². The van der Waals surface area contributed by atoms with Crippen molar-refractivity contribution in [2.45, 2.75) is 53.2 Å². The van der Waals surface area contributed by atoms with E-state index in [4.69, 9.17) is 4.74 Å². The van der Waals surface area contributed by atoms with E-state index in [1.807, 2.05) is 45.0 Å². The summed E-state index contributed by atoms with van der Waals surface area (Å²) in [7, 11) is 0. The van der Waals surface area contributed by atoms with Crippen molar-refractivity contribution in [2.75, 3.05) is 13.2 Å². The first-order valence-corrected chi connectivity index (χ1v) is 9.21. The van der Waals surface area contributed by atoms with Crippen LogP contribution in [-0.4, -0.2) is 41.0 Å². The molecule has 1 unspecified atom stereocenters. The number of ketones is 1. The summed E-state index contributed by atoms with van der Waals surface area (Å²) in [6.45, 7) is 10.4. The molecule has 0 radical (unpaired) electrons. The second-order valence-electron chi connectivity index (χ2n) is 7.31. The average Bonchev–Trinajstić information content (AvgIpc) is 2.82. The van der Waals surface area contributed by atoms with Crippen LogP contribution in [0.5, 0.6) is 0 Å². The van der Waals surface area contributed by atoms with Crippen molar-refractivity contribution in [1.82, 2.24) is 4.90 Å². The molecule has 5 nitrogen and oxygen atoms in total. The average molecular weight is 359 g/mol. The fourth-order valence-corrected chi connectivity index (χ4v) is 3.22. The second kappa shape index (κ2) is 8.49. The minimum Gasteiger partial charge on any atom is -0.503 e. The van der Waals surface area contributed by atoms with Crippen LogP contribution in [0, 0.1) is 12.8 Å². The number of hydrogen-bond donors (Lipinski definition) is 1. The lowest BCUT2D eigenvalue weighted by Gasteiger charge is -2.28. The quantitative estimate of drug-likeness (QED) is 0.718. The van der Waals surface area contributed by atoms with E-state index in [0.29, 0.717) is 19.6 Å². The Morgan fingerprint density at radius 1 is 1.23 bits per heavy atom. The number of aliphatic hydroxyl groups excluding tert-OH is 1. The molecule has 0 aliphatic carbocycles. The summed E-state index contributed by atoms with van der Waals surface area (Å²) in [5, 5.41) is 10.5. The molecule has 0 bridgehead atoms. The topological polar surface area (TPSA) is 66.8 Å². The molecular formula is C21H29NO4. The van der Waals surface area contributed by atoms with Crippen molar-refractivity contribution in [1.29, 1.82) is 0 Å². The maximum absolute atomic E-state index is 12.7. The minimum atomic E-state index is -0.544. The van der Waals surface area contributed by atoms with E-state index in [1.165, 1.54) is 0 Å². The van der Waals surface area contributed by atoms with Crippen LogP contribution in [0.15, 0.2) is 35.6 Å². The van der Waals surface area contributed by atoms with Crippen molar-refractivity contribution in [3.63, 3.8) is 0 Å². The zero-order chi connectivity index (χ0) is 19.4. The molecule has 26 heavy (non-hydrogen) atoms. The van der Waals surface area contributed by atoms with E-state index in [0.717, 1.165) is 11.1 Å². The Kier molecular flexibility index (Phi) is 6.59. The molecule has 1 aliphatic rings. The molecule has 1 aromatic carbocycles. The lowest BCUT2D eigenvalue weighted by Crippen LogP contribution is -2.33. The molecule has 1 aromatic rings. The number of aliphatic hydroxyl groups is 1. The molecule has 1 N–H and O–H groups in total. The van der Waals surface area contributed by atoms with E-state index in [2.05, 4.69) is 0 Å². The molecule has 2 rings (SSSR count). The molecule has 1 amide bonds. The third-order valence-electron chi connectivity index (χ3n) is 4.57. The van der Waals surface area contributed by atoms with Crippen LogP contribution < -0.4 is 0 Å². The molecule has 142 valence electrons. The minimum absolute atomic E-state index is 0.126. The molecule has 1 atom stereocenters. The van der Waals surface area contributed by atoms with Crippen LogP contribution >= 0.6 is 0 Å². The first-order chi connectivity index (χ1) is 12.3. The summed E-state index contributed by atoms with van der Waals surface area (Å²) in [6.07, 6.45) is 0.768. The Morgan fingerprint density at radius 2 is 1.88 bits per heavy atom. The van der Waals surface area contributed by atoms with Gasteiger partial charge in [0.05, 0.1) is 17.7 Å². The highest BCUT2D eigenvalue weighted by Gasteiger charge is 2.43. The van der Waals surface area contributed by atoms with Crippen molar-refractivity contribution in [3.05, 3.63) is 46.7 Å². The van der Waals surface area contributed by atoms with Crippen molar-refractivity contribution >= 4 is 11.7 Å². The third kappa shape index (κ3) is 4.15. The highest BCUT2D eigenvalue weighted by atomic mass is 16.5. The van der Waals surface area contributed by atoms with Crippen LogP contribution in [0.1, 0.15) is 51.3 Å². The maximum Gasteiger partial charge on any atom is 0.290 e. The van der Waals surface area contributed by atoms with Crippen LogP contribution in [-0.2, 0) is 14.3 Å². The highest BCUT2D eigenvalue weighted by molar-refractivity contribution is 6.09. The Labute approximate surface area is 155 Å². The van der Waals surface area contributed by atoms with Gasteiger partial charge in [-0.05, 0) is 38.3 Å². The predicted octanol–water partition coefficient (Wildman–Crippen LogP) is 3.73. The van der Waals surface area contributed by atoms with Gasteiger partial charge in [-0.1, -0.05) is 38.1 Å². The van der Waals surface area contributed by atoms with E-state index in [-0.39, 0.29) is 23.4 Å². The third-order valence-corrected chi connectivity index (χ3v) is 4.57. The Bertz CT molecular complexity index is 706. The number of nitrogens with zero attached hydrogens (tertiary/aromatic N) is 1. The van der Waals surface area contributed by atoms with Crippen LogP contribution in [0.25, 0.3) is 0 Å². The summed E-state index contributed by atoms with van der Waals surface area (Å²) < 4.78 is 5.56. The number of benzene rings is 1. The predicted molar refractivity (Wildman–Crippen MR) is 101 cm³/mol. The molecular weight excluding hydrogens is 330 g/mol. The fraction of sp³-hybridized carbons (Fsp3) is 0.524. The van der Waals surface area contributed by atoms with Gasteiger partial charge >= 0.3 is 0 Å². The Morgan fingerprint density at radius 3 is 2.46 bits per heavy atom. The standard InChI is InChI=1S/C21H29NO4/c1-13(2)19(23)17-18(16-10-7-6-9-15(16)5)22(21(25)20(17)24)11-8-12-26-14(3)4/h6-7,9-10,13-14,18,24H,8,11-12H2,1-5H3. The number of amides is 1. The SMILES string of the molecule is Cc1ccccc1C1C(C(=O)C(C)C)=C(O)C(=O)N1CCCOC(C)C. The van der Waals surface area contributed by atoms with Crippen molar-refractivity contribution in [2.24, 2.45) is 5.92 Å². The summed E-state index contributed by atoms with van der Waals surface area (Å²) >= 11 is 0. The number of Topliss-reactive ketones (excluding diaryl/α,β-unsaturated/α-hetero) is 1. The van der Waals surface area contributed by atoms with Gasteiger partial charge < -0.3 is 14.7 Å². The Hall–Kier alpha value is -2.14. The molecule has 0 saturated carbocycles. The van der Waals surface area contributed by atoms with Gasteiger partial charge in [-0.25, -0.2) is 0 Å². The number of aryl methyl sites for hydroxylation is 1. The number of carbonyl (C=O) groups excluding carboxylic acids is 2. The molecule has 0 spiro atoms. The van der Waals surface area contributed by atoms with Gasteiger partial charge in [0.2, 0.25) is 0 Å². The van der Waals surface area contributed by atoms with Crippen LogP contribution in [0.2, 0.25) is 0 Å². The number of ether oxygens (including phenoxy) is 1. The zero-order valence-electron chi connectivity index (χ0n) is 16.3. The molecule has 0 aromatic heterocycles. The van der Waals surface area contributed by atoms with Gasteiger partial charge in [0.15, 0.2) is 11.5 Å². The molecule has 1 heterocycles. The van der Waals surface area contributed by atoms with E-state index in [1.54, 1.807) is 18.7 Å². The summed E-state index contributed by atoms with van der Waals surface area (Å²) in [5.74, 6) is -1.38. The van der Waals surface area contributed by atoms with Gasteiger partial charge in [0, 0.05) is 19.1 Å². The lowest BCUT2D eigenvalue weighted by molar-refractivity contribution is -0.129. The fourth-order valence-electron chi connectivity index (χ4n) is 3.22. The normalized spacial score (nSPS) is 17.7. The van der Waals surface area contributed by atoms with Crippen molar-refractivity contribution in [3.8, 4) is 0 Å². The molecule has 1 aliphatic heterocycles. The van der Waals surface area contributed by atoms with Gasteiger partial charge in [0.1, 0.15) is 0 Å². The highest BCUT2D eigenvalue weighted by Crippen LogP contribution is 2.40. The second-order valence-corrected chi connectivity index (χ2v) is 7.31. The van der Waals surface area contributed by atoms with E-state index < -0.39 is 17.7 Å². The first-order valence-electron chi connectivity index (χ1n) is 9.21. The summed E-state index contributed by atoms with van der Waals surface area (Å²) in [5.41, 5.74) is 2.07. The summed E-state index contributed by atoms with van der Waals surface area (Å²) in [6, 6.07) is 7.13. The van der Waals surface area contributed by atoms with Crippen LogP contribution in [0.4, 0.5) is 0 Å². The van der Waals surface area contributed by atoms with E-state index >= 15 is 0 Å². The smallest absolute Gasteiger partial charge is 0.290 e. The molecule has 0 saturated heterocycles. The van der Waals surface area contributed by atoms with Gasteiger partial charge in [-0.2, -0.15) is 0 Å². The van der Waals surface area contributed by atoms with Gasteiger partial charge in [-0.3, -0.25) is 9.59 Å². The zero-order valence-corrected chi connectivity index (χ0v) is 16.3. The number of rotatable bonds is 8. The maximum atomic E-state index is 12.7. The lowest BCUT2D eigenvalue weighted by atomic mass is 9.89. The molecule has 0 fully saturated rings. The number of carbonyl (C=O) groups is 2. The summed E-state index contributed by atoms with van der Waals surface area (Å²) in [4.78, 5) is 27.0. The monoisotopic (exact) mass is 359 g/mol. The van der Waals surface area contributed by atoms with Crippen LogP contribution in [0.3, 0.4) is 0 Å². The van der Waals surface area contributed by atoms with E-state index in [9.17, 15) is 14.7 Å². The first kappa shape index (κ1) is 20.2. The largest absolute Gasteiger partial charge is 0.503 e.